The van der Waals surface area contributed by atoms with Crippen LogP contribution in [-0.4, -0.2) is 41.5 Å². The lowest BCUT2D eigenvalue weighted by molar-refractivity contribution is 0.195. The summed E-state index contributed by atoms with van der Waals surface area (Å²) < 4.78 is 21.6. The van der Waals surface area contributed by atoms with Gasteiger partial charge in [0.15, 0.2) is 5.82 Å². The van der Waals surface area contributed by atoms with Crippen LogP contribution in [0.1, 0.15) is 12.0 Å². The van der Waals surface area contributed by atoms with Crippen LogP contribution in [0.2, 0.25) is 0 Å². The monoisotopic (exact) mass is 621 g/mol. The van der Waals surface area contributed by atoms with Gasteiger partial charge in [0.1, 0.15) is 11.4 Å². The molecule has 0 amide bonds. The van der Waals surface area contributed by atoms with Crippen LogP contribution < -0.4 is 15.8 Å². The van der Waals surface area contributed by atoms with Crippen molar-refractivity contribution in [1.29, 1.82) is 0 Å². The Balaban J connectivity index is 1.19. The number of phosphoric acid groups is 1. The summed E-state index contributed by atoms with van der Waals surface area (Å²) in [6, 6.07) is 28.6. The number of fused-ring (bicyclic) bond motifs is 1. The van der Waals surface area contributed by atoms with Gasteiger partial charge in [-0.25, -0.2) is 19.5 Å². The molecule has 6 aromatic rings. The molecule has 3 aromatic heterocycles. The molecule has 45 heavy (non-hydrogen) atoms. The Morgan fingerprint density at radius 2 is 1.67 bits per heavy atom. The normalized spacial score (nSPS) is 11.4. The van der Waals surface area contributed by atoms with Gasteiger partial charge in [-0.2, -0.15) is 0 Å². The highest BCUT2D eigenvalue weighted by Crippen LogP contribution is 2.36. The Morgan fingerprint density at radius 3 is 2.47 bits per heavy atom. The highest BCUT2D eigenvalue weighted by atomic mass is 31.2. The van der Waals surface area contributed by atoms with Gasteiger partial charge in [-0.1, -0.05) is 42.5 Å². The standard InChI is InChI=1S/C32H28N7O5P/c33-32-35-18-16-28(37-32)27-11-4-17-34-31(27)44-24-14-12-23(13-15-24)36-30-26-10-2-1-9-25(26)29(38-39-30)22-8-3-6-21(20-22)7-5-19-43-45(40,41)42/h1-4,6,8-18,20H,5,7,19H2,(H,36,39)(H2,33,35,37)(H2,40,41,42). The summed E-state index contributed by atoms with van der Waals surface area (Å²) in [6.07, 6.45) is 4.29. The number of phosphoric ester groups is 1. The van der Waals surface area contributed by atoms with Crippen molar-refractivity contribution in [1.82, 2.24) is 25.1 Å². The van der Waals surface area contributed by atoms with Crippen molar-refractivity contribution in [2.45, 2.75) is 12.8 Å². The van der Waals surface area contributed by atoms with E-state index < -0.39 is 7.82 Å². The topological polar surface area (TPSA) is 178 Å². The molecule has 0 fully saturated rings. The molecule has 0 bridgehead atoms. The Morgan fingerprint density at radius 1 is 0.844 bits per heavy atom. The molecule has 226 valence electrons. The molecule has 3 heterocycles. The third kappa shape index (κ3) is 7.46. The summed E-state index contributed by atoms with van der Waals surface area (Å²) >= 11 is 0. The third-order valence-electron chi connectivity index (χ3n) is 6.81. The van der Waals surface area contributed by atoms with Crippen molar-refractivity contribution < 1.29 is 23.6 Å². The van der Waals surface area contributed by atoms with Gasteiger partial charge in [0, 0.05) is 34.4 Å². The second-order valence-corrected chi connectivity index (χ2v) is 11.2. The number of benzene rings is 3. The van der Waals surface area contributed by atoms with Gasteiger partial charge >= 0.3 is 7.82 Å². The molecule has 0 aliphatic carbocycles. The number of hydrogen-bond acceptors (Lipinski definition) is 10. The highest BCUT2D eigenvalue weighted by Gasteiger charge is 2.15. The Bertz CT molecular complexity index is 2000. The van der Waals surface area contributed by atoms with Crippen LogP contribution in [0.4, 0.5) is 17.5 Å². The third-order valence-corrected chi connectivity index (χ3v) is 7.33. The zero-order chi connectivity index (χ0) is 31.2. The van der Waals surface area contributed by atoms with Gasteiger partial charge in [-0.15, -0.1) is 10.2 Å². The van der Waals surface area contributed by atoms with Crippen LogP contribution in [-0.2, 0) is 15.5 Å². The average Bonchev–Trinajstić information content (AvgIpc) is 3.04. The predicted octanol–water partition coefficient (Wildman–Crippen LogP) is 6.31. The van der Waals surface area contributed by atoms with Crippen LogP contribution in [0.15, 0.2) is 103 Å². The molecule has 0 aliphatic heterocycles. The number of nitrogens with one attached hydrogen (secondary N) is 1. The number of rotatable bonds is 11. The van der Waals surface area contributed by atoms with Gasteiger partial charge < -0.3 is 25.6 Å². The summed E-state index contributed by atoms with van der Waals surface area (Å²) in [4.78, 5) is 30.4. The van der Waals surface area contributed by atoms with Crippen molar-refractivity contribution in [3.63, 3.8) is 0 Å². The van der Waals surface area contributed by atoms with Gasteiger partial charge in [0.05, 0.1) is 17.9 Å². The van der Waals surface area contributed by atoms with Crippen LogP contribution >= 0.6 is 7.82 Å². The van der Waals surface area contributed by atoms with Crippen LogP contribution in [0, 0.1) is 0 Å². The highest BCUT2D eigenvalue weighted by molar-refractivity contribution is 7.46. The Kier molecular flexibility index (Phi) is 8.72. The van der Waals surface area contributed by atoms with E-state index in [0.717, 1.165) is 33.3 Å². The fourth-order valence-corrected chi connectivity index (χ4v) is 5.16. The first-order chi connectivity index (χ1) is 21.8. The second-order valence-electron chi connectivity index (χ2n) is 9.98. The number of hydrogen-bond donors (Lipinski definition) is 4. The number of ether oxygens (including phenoxy) is 1. The summed E-state index contributed by atoms with van der Waals surface area (Å²) in [5.74, 6) is 1.74. The molecule has 0 saturated heterocycles. The minimum absolute atomic E-state index is 0.0342. The molecule has 12 nitrogen and oxygen atoms in total. The summed E-state index contributed by atoms with van der Waals surface area (Å²) in [5.41, 5.74) is 10.5. The predicted molar refractivity (Wildman–Crippen MR) is 171 cm³/mol. The van der Waals surface area contributed by atoms with Gasteiger partial charge in [0.2, 0.25) is 11.8 Å². The van der Waals surface area contributed by atoms with Crippen molar-refractivity contribution in [3.05, 3.63) is 109 Å². The Labute approximate surface area is 258 Å². The van der Waals surface area contributed by atoms with Crippen molar-refractivity contribution in [3.8, 4) is 34.1 Å². The number of nitrogen functional groups attached to an aromatic ring is 1. The molecular formula is C32H28N7O5P. The first kappa shape index (κ1) is 29.8. The molecule has 0 saturated carbocycles. The van der Waals surface area contributed by atoms with Crippen molar-refractivity contribution >= 4 is 36.0 Å². The molecule has 0 unspecified atom stereocenters. The quantitative estimate of drug-likeness (QED) is 0.0937. The number of pyridine rings is 1. The lowest BCUT2D eigenvalue weighted by Crippen LogP contribution is -2.00. The maximum Gasteiger partial charge on any atom is 0.469 e. The largest absolute Gasteiger partial charge is 0.469 e. The van der Waals surface area contributed by atoms with E-state index in [2.05, 4.69) is 35.0 Å². The fourth-order valence-electron chi connectivity index (χ4n) is 4.79. The van der Waals surface area contributed by atoms with Gasteiger partial charge in [-0.3, -0.25) is 4.52 Å². The summed E-state index contributed by atoms with van der Waals surface area (Å²) in [7, 11) is -4.47. The van der Waals surface area contributed by atoms with E-state index in [4.69, 9.17) is 20.3 Å². The van der Waals surface area contributed by atoms with Crippen LogP contribution in [0.5, 0.6) is 11.6 Å². The molecule has 0 atom stereocenters. The van der Waals surface area contributed by atoms with Crippen LogP contribution in [0.25, 0.3) is 33.3 Å². The molecule has 5 N–H and O–H groups in total. The molecule has 6 rings (SSSR count). The zero-order valence-electron chi connectivity index (χ0n) is 23.8. The van der Waals surface area contributed by atoms with Crippen molar-refractivity contribution in [2.75, 3.05) is 17.7 Å². The van der Waals surface area contributed by atoms with Crippen LogP contribution in [0.3, 0.4) is 0 Å². The minimum Gasteiger partial charge on any atom is -0.438 e. The van der Waals surface area contributed by atoms with E-state index in [0.29, 0.717) is 41.5 Å². The van der Waals surface area contributed by atoms with E-state index in [-0.39, 0.29) is 12.6 Å². The molecule has 0 spiro atoms. The lowest BCUT2D eigenvalue weighted by Gasteiger charge is -2.13. The smallest absolute Gasteiger partial charge is 0.438 e. The lowest BCUT2D eigenvalue weighted by atomic mass is 10.0. The fraction of sp³-hybridized carbons (Fsp3) is 0.0938. The first-order valence-corrected chi connectivity index (χ1v) is 15.5. The van der Waals surface area contributed by atoms with Gasteiger partial charge in [-0.05, 0) is 66.9 Å². The molecule has 3 aromatic carbocycles. The van der Waals surface area contributed by atoms with E-state index >= 15 is 0 Å². The second kappa shape index (κ2) is 13.2. The average molecular weight is 622 g/mol. The Hall–Kier alpha value is -5.26. The van der Waals surface area contributed by atoms with Crippen molar-refractivity contribution in [2.24, 2.45) is 0 Å². The van der Waals surface area contributed by atoms with E-state index in [1.165, 1.54) is 0 Å². The van der Waals surface area contributed by atoms with E-state index in [1.54, 1.807) is 24.5 Å². The summed E-state index contributed by atoms with van der Waals surface area (Å²) in [5, 5.41) is 14.3. The minimum atomic E-state index is -4.47. The number of nitrogens with two attached hydrogens (primary N) is 1. The maximum absolute atomic E-state index is 10.9. The molecule has 0 aliphatic rings. The van der Waals surface area contributed by atoms with E-state index in [1.807, 2.05) is 78.9 Å². The maximum atomic E-state index is 10.9. The molecule has 13 heteroatoms. The SMILES string of the molecule is Nc1nccc(-c2cccnc2Oc2ccc(Nc3nnc(-c4cccc(CCCOP(=O)(O)O)c4)c4ccccc34)cc2)n1. The zero-order valence-corrected chi connectivity index (χ0v) is 24.7. The number of aromatic nitrogens is 5. The van der Waals surface area contributed by atoms with Gasteiger partial charge in [0.25, 0.3) is 0 Å². The first-order valence-electron chi connectivity index (χ1n) is 14.0. The molecule has 0 radical (unpaired) electrons. The number of anilines is 3. The summed E-state index contributed by atoms with van der Waals surface area (Å²) in [6.45, 7) is -0.0342. The number of nitrogens with zero attached hydrogens (tertiary/aromatic N) is 5. The van der Waals surface area contributed by atoms with E-state index in [9.17, 15) is 4.57 Å². The molecular weight excluding hydrogens is 593 g/mol. The number of aryl methyl sites for hydroxylation is 1.